The SMILES string of the molecule is CCn1nc(C)c2c(C(=O)NCc3ccc(-n4cc(Cl)cn4)cc3)cc(C)nc21. The first-order chi connectivity index (χ1) is 14.0. The summed E-state index contributed by atoms with van der Waals surface area (Å²) >= 11 is 5.92. The Hall–Kier alpha value is -3.19. The Balaban J connectivity index is 1.54. The first-order valence-electron chi connectivity index (χ1n) is 9.38. The van der Waals surface area contributed by atoms with Gasteiger partial charge < -0.3 is 5.32 Å². The van der Waals surface area contributed by atoms with Crippen LogP contribution < -0.4 is 5.32 Å². The molecule has 0 saturated heterocycles. The molecule has 8 heteroatoms. The van der Waals surface area contributed by atoms with Gasteiger partial charge in [0.1, 0.15) is 0 Å². The van der Waals surface area contributed by atoms with Crippen LogP contribution in [0.3, 0.4) is 0 Å². The van der Waals surface area contributed by atoms with E-state index in [-0.39, 0.29) is 5.91 Å². The number of amides is 1. The molecule has 0 radical (unpaired) electrons. The van der Waals surface area contributed by atoms with Crippen LogP contribution in [0.2, 0.25) is 5.02 Å². The van der Waals surface area contributed by atoms with Gasteiger partial charge in [-0.2, -0.15) is 10.2 Å². The van der Waals surface area contributed by atoms with Crippen molar-refractivity contribution in [1.82, 2.24) is 29.9 Å². The fourth-order valence-electron chi connectivity index (χ4n) is 3.36. The van der Waals surface area contributed by atoms with Crippen LogP contribution in [0.4, 0.5) is 0 Å². The number of hydrogen-bond donors (Lipinski definition) is 1. The van der Waals surface area contributed by atoms with E-state index in [4.69, 9.17) is 11.6 Å². The Morgan fingerprint density at radius 3 is 2.62 bits per heavy atom. The molecule has 0 spiro atoms. The molecule has 1 N–H and O–H groups in total. The van der Waals surface area contributed by atoms with Crippen LogP contribution in [0.15, 0.2) is 42.7 Å². The number of carbonyl (C=O) groups is 1. The van der Waals surface area contributed by atoms with E-state index in [9.17, 15) is 4.79 Å². The van der Waals surface area contributed by atoms with Gasteiger partial charge in [-0.15, -0.1) is 0 Å². The van der Waals surface area contributed by atoms with E-state index in [1.807, 2.05) is 55.8 Å². The van der Waals surface area contributed by atoms with Gasteiger partial charge in [-0.3, -0.25) is 4.79 Å². The maximum atomic E-state index is 12.9. The smallest absolute Gasteiger partial charge is 0.252 e. The summed E-state index contributed by atoms with van der Waals surface area (Å²) in [7, 11) is 0. The van der Waals surface area contributed by atoms with Crippen LogP contribution in [-0.4, -0.2) is 30.5 Å². The molecule has 1 amide bonds. The molecule has 3 heterocycles. The average molecular weight is 409 g/mol. The van der Waals surface area contributed by atoms with Gasteiger partial charge in [0.25, 0.3) is 5.91 Å². The summed E-state index contributed by atoms with van der Waals surface area (Å²) in [6.45, 7) is 6.93. The first-order valence-corrected chi connectivity index (χ1v) is 9.76. The standard InChI is InChI=1S/C21H21ClN6O/c1-4-27-20-19(14(3)26-27)18(9-13(2)25-20)21(29)23-10-15-5-7-17(8-6-15)28-12-16(22)11-24-28/h5-9,11-12H,4,10H2,1-3H3,(H,23,29). The molecule has 4 aromatic rings. The Kier molecular flexibility index (Phi) is 5.07. The number of rotatable bonds is 5. The van der Waals surface area contributed by atoms with Crippen molar-refractivity contribution in [2.75, 3.05) is 0 Å². The van der Waals surface area contributed by atoms with Crippen LogP contribution >= 0.6 is 11.6 Å². The Morgan fingerprint density at radius 1 is 1.21 bits per heavy atom. The number of benzene rings is 1. The second kappa shape index (κ2) is 7.67. The van der Waals surface area contributed by atoms with E-state index in [2.05, 4.69) is 20.5 Å². The monoisotopic (exact) mass is 408 g/mol. The lowest BCUT2D eigenvalue weighted by atomic mass is 10.1. The van der Waals surface area contributed by atoms with E-state index in [1.165, 1.54) is 0 Å². The largest absolute Gasteiger partial charge is 0.348 e. The van der Waals surface area contributed by atoms with Crippen molar-refractivity contribution in [2.45, 2.75) is 33.9 Å². The molecule has 0 atom stereocenters. The minimum atomic E-state index is -0.137. The lowest BCUT2D eigenvalue weighted by Gasteiger charge is -2.09. The second-order valence-electron chi connectivity index (χ2n) is 6.86. The zero-order chi connectivity index (χ0) is 20.5. The molecule has 0 unspecified atom stereocenters. The summed E-state index contributed by atoms with van der Waals surface area (Å²) in [5.74, 6) is -0.137. The van der Waals surface area contributed by atoms with E-state index >= 15 is 0 Å². The molecule has 3 aromatic heterocycles. The highest BCUT2D eigenvalue weighted by molar-refractivity contribution is 6.30. The van der Waals surface area contributed by atoms with Gasteiger partial charge in [0.2, 0.25) is 0 Å². The highest BCUT2D eigenvalue weighted by Crippen LogP contribution is 2.22. The molecular weight excluding hydrogens is 388 g/mol. The van der Waals surface area contributed by atoms with Gasteiger partial charge >= 0.3 is 0 Å². The highest BCUT2D eigenvalue weighted by Gasteiger charge is 2.18. The topological polar surface area (TPSA) is 77.6 Å². The number of aryl methyl sites for hydroxylation is 3. The first kappa shape index (κ1) is 19.1. The van der Waals surface area contributed by atoms with Crippen LogP contribution in [0.25, 0.3) is 16.7 Å². The summed E-state index contributed by atoms with van der Waals surface area (Å²) in [6.07, 6.45) is 3.34. The van der Waals surface area contributed by atoms with Crippen molar-refractivity contribution in [2.24, 2.45) is 0 Å². The van der Waals surface area contributed by atoms with Crippen molar-refractivity contribution in [3.05, 3.63) is 70.3 Å². The predicted molar refractivity (Wildman–Crippen MR) is 112 cm³/mol. The molecular formula is C21H21ClN6O. The summed E-state index contributed by atoms with van der Waals surface area (Å²) in [4.78, 5) is 17.5. The molecule has 29 heavy (non-hydrogen) atoms. The fraction of sp³-hybridized carbons (Fsp3) is 0.238. The molecule has 0 fully saturated rings. The summed E-state index contributed by atoms with van der Waals surface area (Å²) in [5, 5.41) is 13.1. The molecule has 0 aliphatic carbocycles. The normalized spacial score (nSPS) is 11.2. The van der Waals surface area contributed by atoms with Gasteiger partial charge in [0.15, 0.2) is 5.65 Å². The lowest BCUT2D eigenvalue weighted by molar-refractivity contribution is 0.0952. The van der Waals surface area contributed by atoms with Crippen LogP contribution in [0, 0.1) is 13.8 Å². The number of hydrogen-bond acceptors (Lipinski definition) is 4. The lowest BCUT2D eigenvalue weighted by Crippen LogP contribution is -2.23. The maximum Gasteiger partial charge on any atom is 0.252 e. The van der Waals surface area contributed by atoms with Crippen molar-refractivity contribution in [3.63, 3.8) is 0 Å². The summed E-state index contributed by atoms with van der Waals surface area (Å²) in [5.41, 5.74) is 4.84. The zero-order valence-electron chi connectivity index (χ0n) is 16.5. The Bertz CT molecular complexity index is 1190. The Labute approximate surface area is 173 Å². The van der Waals surface area contributed by atoms with Crippen molar-refractivity contribution >= 4 is 28.5 Å². The third kappa shape index (κ3) is 3.73. The molecule has 0 aliphatic rings. The number of aromatic nitrogens is 5. The fourth-order valence-corrected chi connectivity index (χ4v) is 3.50. The van der Waals surface area contributed by atoms with Crippen LogP contribution in [0.1, 0.15) is 34.2 Å². The molecule has 0 aliphatic heterocycles. The zero-order valence-corrected chi connectivity index (χ0v) is 17.2. The molecule has 0 bridgehead atoms. The number of nitrogens with zero attached hydrogens (tertiary/aromatic N) is 5. The number of fused-ring (bicyclic) bond motifs is 1. The average Bonchev–Trinajstić information content (AvgIpc) is 3.29. The second-order valence-corrected chi connectivity index (χ2v) is 7.30. The predicted octanol–water partition coefficient (Wildman–Crippen LogP) is 3.84. The van der Waals surface area contributed by atoms with Gasteiger partial charge in [-0.25, -0.2) is 14.3 Å². The van der Waals surface area contributed by atoms with Crippen LogP contribution in [-0.2, 0) is 13.1 Å². The maximum absolute atomic E-state index is 12.9. The summed E-state index contributed by atoms with van der Waals surface area (Å²) in [6, 6.07) is 9.61. The van der Waals surface area contributed by atoms with Gasteiger partial charge in [-0.05, 0) is 44.5 Å². The van der Waals surface area contributed by atoms with Crippen molar-refractivity contribution in [3.8, 4) is 5.69 Å². The molecule has 7 nitrogen and oxygen atoms in total. The van der Waals surface area contributed by atoms with Gasteiger partial charge in [-0.1, -0.05) is 23.7 Å². The number of carbonyl (C=O) groups excluding carboxylic acids is 1. The van der Waals surface area contributed by atoms with E-state index in [1.54, 1.807) is 17.1 Å². The number of nitrogens with one attached hydrogen (secondary N) is 1. The molecule has 148 valence electrons. The quantitative estimate of drug-likeness (QED) is 0.544. The molecule has 4 rings (SSSR count). The van der Waals surface area contributed by atoms with E-state index in [0.717, 1.165) is 33.7 Å². The summed E-state index contributed by atoms with van der Waals surface area (Å²) < 4.78 is 3.53. The van der Waals surface area contributed by atoms with Gasteiger partial charge in [0.05, 0.1) is 33.6 Å². The van der Waals surface area contributed by atoms with Gasteiger partial charge in [0, 0.05) is 25.0 Å². The third-order valence-corrected chi connectivity index (χ3v) is 4.95. The number of halogens is 1. The minimum absolute atomic E-state index is 0.137. The molecule has 1 aromatic carbocycles. The van der Waals surface area contributed by atoms with Crippen molar-refractivity contribution < 1.29 is 4.79 Å². The highest BCUT2D eigenvalue weighted by atomic mass is 35.5. The third-order valence-electron chi connectivity index (χ3n) is 4.75. The van der Waals surface area contributed by atoms with E-state index in [0.29, 0.717) is 23.7 Å². The Morgan fingerprint density at radius 2 is 1.97 bits per heavy atom. The van der Waals surface area contributed by atoms with Crippen molar-refractivity contribution in [1.29, 1.82) is 0 Å². The van der Waals surface area contributed by atoms with E-state index < -0.39 is 0 Å². The number of pyridine rings is 1. The van der Waals surface area contributed by atoms with Crippen LogP contribution in [0.5, 0.6) is 0 Å². The molecule has 0 saturated carbocycles. The minimum Gasteiger partial charge on any atom is -0.348 e.